The van der Waals surface area contributed by atoms with Crippen molar-refractivity contribution in [1.29, 1.82) is 0 Å². The zero-order valence-corrected chi connectivity index (χ0v) is 17.1. The van der Waals surface area contributed by atoms with Crippen molar-refractivity contribution in [1.82, 2.24) is 4.98 Å². The van der Waals surface area contributed by atoms with E-state index in [1.165, 1.54) is 12.4 Å². The molecule has 2 fully saturated rings. The lowest BCUT2D eigenvalue weighted by Gasteiger charge is -2.37. The molecule has 2 aliphatic rings. The van der Waals surface area contributed by atoms with Crippen LogP contribution in [0.3, 0.4) is 0 Å². The number of Topliss-reactive ketones (excluding diaryl/α,β-unsaturated/α-hetero) is 2. The molecule has 0 aromatic carbocycles. The highest BCUT2D eigenvalue weighted by Crippen LogP contribution is 2.63. The second-order valence-corrected chi connectivity index (χ2v) is 8.83. The molecule has 3 rings (SSSR count). The summed E-state index contributed by atoms with van der Waals surface area (Å²) >= 11 is 0. The van der Waals surface area contributed by atoms with E-state index in [1.54, 1.807) is 39.8 Å². The number of nitrogens with zero attached hydrogens (tertiary/aromatic N) is 1. The smallest absolute Gasteiger partial charge is 0.335 e. The van der Waals surface area contributed by atoms with Gasteiger partial charge in [-0.05, 0) is 23.6 Å². The number of carboxylic acid groups (broad SMARTS) is 2. The van der Waals surface area contributed by atoms with Gasteiger partial charge in [0.05, 0.1) is 12.0 Å². The Labute approximate surface area is 172 Å². The highest BCUT2D eigenvalue weighted by molar-refractivity contribution is 6.30. The number of ketones is 2. The first-order chi connectivity index (χ1) is 13.7. The maximum atomic E-state index is 13.0. The monoisotopic (exact) mass is 419 g/mol. The molecule has 0 aliphatic heterocycles. The molecule has 30 heavy (non-hydrogen) atoms. The number of carbonyl (C=O) groups is 4. The number of pyridine rings is 1. The third-order valence-electron chi connectivity index (χ3n) is 7.05. The number of carbonyl (C=O) groups excluding carboxylic acids is 2. The van der Waals surface area contributed by atoms with E-state index < -0.39 is 63.5 Å². The Morgan fingerprint density at radius 1 is 1.07 bits per heavy atom. The van der Waals surface area contributed by atoms with Crippen LogP contribution in [0, 0.1) is 11.3 Å². The number of ether oxygens (including phenoxy) is 1. The zero-order chi connectivity index (χ0) is 22.9. The van der Waals surface area contributed by atoms with Crippen LogP contribution in [0.4, 0.5) is 0 Å². The van der Waals surface area contributed by atoms with Gasteiger partial charge in [0.15, 0.2) is 16.9 Å². The van der Waals surface area contributed by atoms with Gasteiger partial charge < -0.3 is 26.4 Å². The Balaban J connectivity index is 2.08. The summed E-state index contributed by atoms with van der Waals surface area (Å²) in [6.07, 6.45) is 2.99. The van der Waals surface area contributed by atoms with Gasteiger partial charge in [0.25, 0.3) is 0 Å². The van der Waals surface area contributed by atoms with Gasteiger partial charge in [0.2, 0.25) is 11.3 Å². The summed E-state index contributed by atoms with van der Waals surface area (Å²) in [5.74, 6) is -5.33. The van der Waals surface area contributed by atoms with Crippen LogP contribution in [0.5, 0.6) is 0 Å². The summed E-state index contributed by atoms with van der Waals surface area (Å²) in [5.41, 5.74) is 3.14. The molecule has 10 nitrogen and oxygen atoms in total. The maximum Gasteiger partial charge on any atom is 0.335 e. The molecule has 0 radical (unpaired) electrons. The van der Waals surface area contributed by atoms with E-state index in [4.69, 9.17) is 16.2 Å². The number of hydrogen-bond acceptors (Lipinski definition) is 8. The molecule has 1 heterocycles. The lowest BCUT2D eigenvalue weighted by atomic mass is 9.68. The fourth-order valence-electron chi connectivity index (χ4n) is 4.81. The van der Waals surface area contributed by atoms with Crippen LogP contribution in [0.25, 0.3) is 0 Å². The van der Waals surface area contributed by atoms with E-state index in [0.717, 1.165) is 0 Å². The molecule has 0 spiro atoms. The fraction of sp³-hybridized carbons (Fsp3) is 0.550. The Morgan fingerprint density at radius 3 is 1.93 bits per heavy atom. The molecular formula is C20H25N3O7. The van der Waals surface area contributed by atoms with Crippen molar-refractivity contribution in [2.45, 2.75) is 49.8 Å². The van der Waals surface area contributed by atoms with Crippen LogP contribution in [0.1, 0.15) is 33.3 Å². The van der Waals surface area contributed by atoms with E-state index in [-0.39, 0.29) is 0 Å². The van der Waals surface area contributed by atoms with Gasteiger partial charge in [-0.3, -0.25) is 14.6 Å². The number of carboxylic acids is 2. The van der Waals surface area contributed by atoms with Gasteiger partial charge >= 0.3 is 11.9 Å². The van der Waals surface area contributed by atoms with Crippen molar-refractivity contribution in [2.24, 2.45) is 22.8 Å². The number of aliphatic carboxylic acids is 2. The summed E-state index contributed by atoms with van der Waals surface area (Å²) < 4.78 is 5.81. The molecule has 2 saturated carbocycles. The number of aromatic nitrogens is 1. The third-order valence-corrected chi connectivity index (χ3v) is 7.05. The molecule has 6 N–H and O–H groups in total. The van der Waals surface area contributed by atoms with Gasteiger partial charge in [-0.25, -0.2) is 9.59 Å². The Hall–Kier alpha value is -2.69. The topological polar surface area (TPSA) is 183 Å². The van der Waals surface area contributed by atoms with Crippen molar-refractivity contribution in [2.75, 3.05) is 6.61 Å². The number of hydrogen-bond donors (Lipinski definition) is 4. The highest BCUT2D eigenvalue weighted by Gasteiger charge is 2.88. The van der Waals surface area contributed by atoms with E-state index in [2.05, 4.69) is 4.98 Å². The van der Waals surface area contributed by atoms with Crippen molar-refractivity contribution >= 4 is 23.5 Å². The van der Waals surface area contributed by atoms with Gasteiger partial charge in [-0.1, -0.05) is 27.7 Å². The molecule has 1 aromatic rings. The lowest BCUT2D eigenvalue weighted by molar-refractivity contribution is -0.147. The van der Waals surface area contributed by atoms with Crippen LogP contribution in [0.2, 0.25) is 0 Å². The summed E-state index contributed by atoms with van der Waals surface area (Å²) in [4.78, 5) is 53.0. The van der Waals surface area contributed by atoms with E-state index in [0.29, 0.717) is 5.56 Å². The normalized spacial score (nSPS) is 35.4. The second kappa shape index (κ2) is 6.16. The second-order valence-electron chi connectivity index (χ2n) is 8.83. The molecule has 1 aromatic heterocycles. The third kappa shape index (κ3) is 2.16. The largest absolute Gasteiger partial charge is 0.480 e. The molecule has 10 heteroatoms. The minimum atomic E-state index is -2.28. The Morgan fingerprint density at radius 2 is 1.57 bits per heavy atom. The Bertz CT molecular complexity index is 962. The predicted molar refractivity (Wildman–Crippen MR) is 102 cm³/mol. The molecule has 4 atom stereocenters. The first kappa shape index (κ1) is 22.0. The van der Waals surface area contributed by atoms with Crippen LogP contribution >= 0.6 is 0 Å². The first-order valence-electron chi connectivity index (χ1n) is 9.39. The SMILES string of the molecule is CC(C)C1(OCC2(C(C)(C)c3ccncc3)C(=O)C2(N)C(=O)O)C(=O)C1(N)C(=O)O. The van der Waals surface area contributed by atoms with Gasteiger partial charge in [0, 0.05) is 17.8 Å². The summed E-state index contributed by atoms with van der Waals surface area (Å²) in [5, 5.41) is 19.2. The van der Waals surface area contributed by atoms with Crippen molar-refractivity contribution in [3.05, 3.63) is 30.1 Å². The highest BCUT2D eigenvalue weighted by atomic mass is 16.5. The van der Waals surface area contributed by atoms with Crippen molar-refractivity contribution < 1.29 is 34.1 Å². The van der Waals surface area contributed by atoms with Gasteiger partial charge in [0.1, 0.15) is 0 Å². The van der Waals surface area contributed by atoms with Gasteiger partial charge in [-0.2, -0.15) is 0 Å². The molecule has 2 aliphatic carbocycles. The molecule has 0 amide bonds. The van der Waals surface area contributed by atoms with Crippen LogP contribution in [-0.4, -0.2) is 62.0 Å². The lowest BCUT2D eigenvalue weighted by Crippen LogP contribution is -2.52. The average Bonchev–Trinajstić information content (AvgIpc) is 3.40. The molecule has 0 bridgehead atoms. The zero-order valence-electron chi connectivity index (χ0n) is 17.1. The van der Waals surface area contributed by atoms with Crippen LogP contribution < -0.4 is 11.5 Å². The molecule has 162 valence electrons. The molecule has 4 unspecified atom stereocenters. The van der Waals surface area contributed by atoms with Crippen LogP contribution in [0.15, 0.2) is 24.5 Å². The van der Waals surface area contributed by atoms with Crippen molar-refractivity contribution in [3.63, 3.8) is 0 Å². The standard InChI is InChI=1S/C20H25N3O7/c1-10(2)20(13(25)19(20,22)15(28)29)30-9-17(12(24)18(17,21)14(26)27)16(3,4)11-5-7-23-8-6-11/h5-8,10H,9,21-22H2,1-4H3,(H,26,27)(H,28,29). The van der Waals surface area contributed by atoms with E-state index in [9.17, 15) is 29.4 Å². The molecular weight excluding hydrogens is 394 g/mol. The fourth-order valence-corrected chi connectivity index (χ4v) is 4.81. The summed E-state index contributed by atoms with van der Waals surface area (Å²) in [6.45, 7) is 5.84. The summed E-state index contributed by atoms with van der Waals surface area (Å²) in [6, 6.07) is 3.25. The Kier molecular flexibility index (Phi) is 4.52. The number of nitrogens with two attached hydrogens (primary N) is 2. The number of rotatable bonds is 8. The molecule has 0 saturated heterocycles. The van der Waals surface area contributed by atoms with Gasteiger partial charge in [-0.15, -0.1) is 0 Å². The minimum Gasteiger partial charge on any atom is -0.480 e. The van der Waals surface area contributed by atoms with E-state index in [1.807, 2.05) is 0 Å². The quantitative estimate of drug-likeness (QED) is 0.400. The predicted octanol–water partition coefficient (Wildman–Crippen LogP) is -0.513. The summed E-state index contributed by atoms with van der Waals surface area (Å²) in [7, 11) is 0. The minimum absolute atomic E-state index is 0.583. The van der Waals surface area contributed by atoms with E-state index >= 15 is 0 Å². The van der Waals surface area contributed by atoms with Crippen LogP contribution in [-0.2, 0) is 29.3 Å². The average molecular weight is 419 g/mol. The first-order valence-corrected chi connectivity index (χ1v) is 9.39. The maximum absolute atomic E-state index is 13.0. The van der Waals surface area contributed by atoms with Crippen molar-refractivity contribution in [3.8, 4) is 0 Å².